The molecule has 0 saturated carbocycles. The molecule has 0 N–H and O–H groups in total. The van der Waals surface area contributed by atoms with Gasteiger partial charge in [-0.25, -0.2) is 0 Å². The molecule has 3 aliphatic rings. The highest BCUT2D eigenvalue weighted by atomic mass is 16.2. The van der Waals surface area contributed by atoms with Crippen LogP contribution in [0.3, 0.4) is 0 Å². The zero-order valence-corrected chi connectivity index (χ0v) is 18.6. The molecule has 0 atom stereocenters. The lowest BCUT2D eigenvalue weighted by Gasteiger charge is -2.39. The van der Waals surface area contributed by atoms with Gasteiger partial charge in [-0.05, 0) is 42.2 Å². The molecule has 2 aromatic carbocycles. The van der Waals surface area contributed by atoms with Gasteiger partial charge in [0.1, 0.15) is 0 Å². The van der Waals surface area contributed by atoms with Gasteiger partial charge in [-0.1, -0.05) is 30.3 Å². The van der Waals surface area contributed by atoms with Crippen molar-refractivity contribution in [2.75, 3.05) is 37.6 Å². The van der Waals surface area contributed by atoms with E-state index >= 15 is 0 Å². The van der Waals surface area contributed by atoms with E-state index in [1.165, 1.54) is 16.0 Å². The van der Waals surface area contributed by atoms with Crippen molar-refractivity contribution in [1.82, 2.24) is 19.6 Å². The molecule has 2 aliphatic heterocycles. The summed E-state index contributed by atoms with van der Waals surface area (Å²) in [6, 6.07) is 16.8. The molecule has 0 bridgehead atoms. The van der Waals surface area contributed by atoms with E-state index in [1.807, 2.05) is 24.4 Å². The van der Waals surface area contributed by atoms with Crippen molar-refractivity contribution < 1.29 is 9.59 Å². The molecule has 0 radical (unpaired) electrons. The summed E-state index contributed by atoms with van der Waals surface area (Å²) in [7, 11) is 0. The lowest BCUT2D eigenvalue weighted by atomic mass is 10.1. The van der Waals surface area contributed by atoms with Gasteiger partial charge in [0.25, 0.3) is 11.8 Å². The first kappa shape index (κ1) is 20.2. The number of imide groups is 1. The first-order valence-corrected chi connectivity index (χ1v) is 11.7. The Morgan fingerprint density at radius 2 is 1.58 bits per heavy atom. The molecule has 1 fully saturated rings. The van der Waals surface area contributed by atoms with Crippen LogP contribution in [-0.4, -0.2) is 70.2 Å². The minimum Gasteiger partial charge on any atom is -0.368 e. The monoisotopic (exact) mass is 441 g/mol. The van der Waals surface area contributed by atoms with Gasteiger partial charge in [-0.15, -0.1) is 0 Å². The molecular formula is C26H27N5O2. The van der Waals surface area contributed by atoms with Crippen LogP contribution in [0.4, 0.5) is 5.69 Å². The van der Waals surface area contributed by atoms with E-state index in [2.05, 4.69) is 39.2 Å². The van der Waals surface area contributed by atoms with Crippen molar-refractivity contribution in [2.45, 2.75) is 25.4 Å². The summed E-state index contributed by atoms with van der Waals surface area (Å²) in [5, 5.41) is 4.17. The number of amides is 2. The van der Waals surface area contributed by atoms with Crippen molar-refractivity contribution in [1.29, 1.82) is 0 Å². The smallest absolute Gasteiger partial charge is 0.263 e. The summed E-state index contributed by atoms with van der Waals surface area (Å²) in [5.74, 6) is -0.391. The number of fused-ring (bicyclic) bond motifs is 2. The van der Waals surface area contributed by atoms with Gasteiger partial charge in [-0.2, -0.15) is 5.10 Å². The molecule has 3 aromatic rings. The highest BCUT2D eigenvalue weighted by molar-refractivity contribution is 6.23. The molecular weight excluding hydrogens is 414 g/mol. The number of benzene rings is 2. The molecule has 1 aliphatic carbocycles. The summed E-state index contributed by atoms with van der Waals surface area (Å²) >= 11 is 0. The van der Waals surface area contributed by atoms with E-state index in [1.54, 1.807) is 16.9 Å². The van der Waals surface area contributed by atoms with E-state index in [0.717, 1.165) is 44.7 Å². The largest absolute Gasteiger partial charge is 0.368 e. The number of anilines is 1. The minimum absolute atomic E-state index is 0.188. The van der Waals surface area contributed by atoms with Gasteiger partial charge < -0.3 is 4.90 Å². The van der Waals surface area contributed by atoms with Crippen LogP contribution in [0, 0.1) is 0 Å². The first-order valence-electron chi connectivity index (χ1n) is 11.7. The third-order valence-electron chi connectivity index (χ3n) is 7.29. The van der Waals surface area contributed by atoms with Crippen LogP contribution in [0.5, 0.6) is 0 Å². The number of piperazine rings is 1. The third-order valence-corrected chi connectivity index (χ3v) is 7.29. The Morgan fingerprint density at radius 1 is 0.818 bits per heavy atom. The Kier molecular flexibility index (Phi) is 4.99. The van der Waals surface area contributed by atoms with Crippen molar-refractivity contribution in [2.24, 2.45) is 0 Å². The highest BCUT2D eigenvalue weighted by Gasteiger charge is 2.39. The quantitative estimate of drug-likeness (QED) is 0.570. The van der Waals surface area contributed by atoms with Crippen LogP contribution in [-0.2, 0) is 19.4 Å². The fourth-order valence-corrected chi connectivity index (χ4v) is 5.54. The van der Waals surface area contributed by atoms with Crippen LogP contribution in [0.1, 0.15) is 31.8 Å². The number of aromatic nitrogens is 2. The van der Waals surface area contributed by atoms with Crippen LogP contribution < -0.4 is 4.90 Å². The van der Waals surface area contributed by atoms with Crippen LogP contribution >= 0.6 is 0 Å². The molecule has 2 amide bonds. The van der Waals surface area contributed by atoms with Gasteiger partial charge in [0.05, 0.1) is 23.4 Å². The van der Waals surface area contributed by atoms with E-state index < -0.39 is 0 Å². The van der Waals surface area contributed by atoms with E-state index in [9.17, 15) is 9.59 Å². The molecule has 33 heavy (non-hydrogen) atoms. The standard InChI is InChI=1S/C26H27N5O2/c32-25-22-7-3-8-23(24(22)26(33)31(25)16-15-30-10-4-9-27-30)29-13-11-28(12-14-29)21-17-19-5-1-2-6-20(19)18-21/h1-10,21H,11-18H2. The van der Waals surface area contributed by atoms with Crippen molar-refractivity contribution >= 4 is 17.5 Å². The lowest BCUT2D eigenvalue weighted by Crippen LogP contribution is -2.51. The summed E-state index contributed by atoms with van der Waals surface area (Å²) in [6.07, 6.45) is 5.78. The molecule has 168 valence electrons. The van der Waals surface area contributed by atoms with Gasteiger partial charge in [0, 0.05) is 51.2 Å². The summed E-state index contributed by atoms with van der Waals surface area (Å²) < 4.78 is 1.74. The molecule has 0 unspecified atom stereocenters. The second kappa shape index (κ2) is 8.15. The zero-order chi connectivity index (χ0) is 22.4. The molecule has 1 aromatic heterocycles. The van der Waals surface area contributed by atoms with E-state index in [4.69, 9.17) is 0 Å². The Labute approximate surface area is 193 Å². The number of hydrogen-bond donors (Lipinski definition) is 0. The van der Waals surface area contributed by atoms with Crippen molar-refractivity contribution in [3.63, 3.8) is 0 Å². The normalized spacial score (nSPS) is 18.8. The maximum absolute atomic E-state index is 13.3. The average Bonchev–Trinajstić information content (AvgIpc) is 3.57. The molecule has 7 heteroatoms. The number of rotatable bonds is 5. The molecule has 1 saturated heterocycles. The van der Waals surface area contributed by atoms with Gasteiger partial charge in [-0.3, -0.25) is 24.1 Å². The number of carbonyl (C=O) groups is 2. The fraction of sp³-hybridized carbons (Fsp3) is 0.346. The van der Waals surface area contributed by atoms with Crippen LogP contribution in [0.15, 0.2) is 60.9 Å². The summed E-state index contributed by atoms with van der Waals surface area (Å²) in [5.41, 5.74) is 4.92. The first-order chi connectivity index (χ1) is 16.2. The number of nitrogens with zero attached hydrogens (tertiary/aromatic N) is 5. The minimum atomic E-state index is -0.202. The maximum atomic E-state index is 13.3. The third kappa shape index (κ3) is 3.53. The summed E-state index contributed by atoms with van der Waals surface area (Å²) in [6.45, 7) is 4.47. The zero-order valence-electron chi connectivity index (χ0n) is 18.6. The Hall–Kier alpha value is -3.45. The van der Waals surface area contributed by atoms with Gasteiger partial charge in [0.15, 0.2) is 0 Å². The fourth-order valence-electron chi connectivity index (χ4n) is 5.54. The van der Waals surface area contributed by atoms with Gasteiger partial charge >= 0.3 is 0 Å². The van der Waals surface area contributed by atoms with Crippen molar-refractivity contribution in [3.8, 4) is 0 Å². The Balaban J connectivity index is 1.15. The van der Waals surface area contributed by atoms with Crippen LogP contribution in [0.25, 0.3) is 0 Å². The molecule has 3 heterocycles. The second-order valence-electron chi connectivity index (χ2n) is 9.08. The van der Waals surface area contributed by atoms with Gasteiger partial charge in [0.2, 0.25) is 0 Å². The second-order valence-corrected chi connectivity index (χ2v) is 9.08. The predicted molar refractivity (Wildman–Crippen MR) is 125 cm³/mol. The summed E-state index contributed by atoms with van der Waals surface area (Å²) in [4.78, 5) is 32.5. The lowest BCUT2D eigenvalue weighted by molar-refractivity contribution is 0.0647. The Morgan fingerprint density at radius 3 is 2.27 bits per heavy atom. The van der Waals surface area contributed by atoms with Crippen LogP contribution in [0.2, 0.25) is 0 Å². The highest BCUT2D eigenvalue weighted by Crippen LogP contribution is 2.33. The average molecular weight is 442 g/mol. The maximum Gasteiger partial charge on any atom is 0.263 e. The number of carbonyl (C=O) groups excluding carboxylic acids is 2. The van der Waals surface area contributed by atoms with E-state index in [-0.39, 0.29) is 11.8 Å². The topological polar surface area (TPSA) is 61.7 Å². The SMILES string of the molecule is O=C1c2cccc(N3CCN(C4Cc5ccccc5C4)CC3)c2C(=O)N1CCn1cccn1. The Bertz CT molecular complexity index is 1170. The molecule has 6 rings (SSSR count). The predicted octanol–water partition coefficient (Wildman–Crippen LogP) is 2.47. The van der Waals surface area contributed by atoms with E-state index in [0.29, 0.717) is 30.3 Å². The molecule has 7 nitrogen and oxygen atoms in total. The van der Waals surface area contributed by atoms with Crippen molar-refractivity contribution in [3.05, 3.63) is 83.2 Å². The number of hydrogen-bond acceptors (Lipinski definition) is 5. The molecule has 0 spiro atoms.